The number of nitrogens with zero attached hydrogens (tertiary/aromatic N) is 3. The number of nitrogens with two attached hydrogens (primary N) is 1. The van der Waals surface area contributed by atoms with Crippen LogP contribution in [-0.2, 0) is 7.05 Å². The van der Waals surface area contributed by atoms with Crippen molar-refractivity contribution in [2.45, 2.75) is 0 Å². The fourth-order valence-electron chi connectivity index (χ4n) is 1.20. The lowest BCUT2D eigenvalue weighted by atomic mass is 10.2. The van der Waals surface area contributed by atoms with Gasteiger partial charge in [0.05, 0.1) is 11.9 Å². The molecule has 0 aliphatic heterocycles. The van der Waals surface area contributed by atoms with Crippen molar-refractivity contribution >= 4 is 5.82 Å². The van der Waals surface area contributed by atoms with E-state index in [0.29, 0.717) is 17.1 Å². The van der Waals surface area contributed by atoms with Gasteiger partial charge in [0, 0.05) is 24.9 Å². The van der Waals surface area contributed by atoms with E-state index in [1.165, 1.54) is 10.9 Å². The number of halogens is 1. The molecule has 0 saturated carbocycles. The molecule has 2 aromatic rings. The fourth-order valence-corrected chi connectivity index (χ4v) is 1.20. The lowest BCUT2D eigenvalue weighted by Crippen LogP contribution is -1.96. The topological polar surface area (TPSA) is 56.7 Å². The minimum Gasteiger partial charge on any atom is -0.384 e. The van der Waals surface area contributed by atoms with Gasteiger partial charge < -0.3 is 5.73 Å². The van der Waals surface area contributed by atoms with Crippen LogP contribution in [0.25, 0.3) is 11.3 Å². The Balaban J connectivity index is 2.55. The Morgan fingerprint density at radius 2 is 2.29 bits per heavy atom. The summed E-state index contributed by atoms with van der Waals surface area (Å²) in [5.74, 6) is 0.0989. The van der Waals surface area contributed by atoms with Crippen LogP contribution in [0.4, 0.5) is 10.2 Å². The van der Waals surface area contributed by atoms with Crippen molar-refractivity contribution in [3.63, 3.8) is 0 Å². The van der Waals surface area contributed by atoms with Crippen LogP contribution in [0.5, 0.6) is 0 Å². The molecule has 0 saturated heterocycles. The Bertz CT molecular complexity index is 444. The van der Waals surface area contributed by atoms with E-state index < -0.39 is 5.82 Å². The lowest BCUT2D eigenvalue weighted by molar-refractivity contribution is 0.623. The molecular formula is C9H9FN4. The maximum atomic E-state index is 13.3. The Labute approximate surface area is 80.2 Å². The molecule has 5 heteroatoms. The summed E-state index contributed by atoms with van der Waals surface area (Å²) in [5, 5.41) is 4.07. The number of hydrogen-bond acceptors (Lipinski definition) is 3. The van der Waals surface area contributed by atoms with Crippen molar-refractivity contribution in [3.8, 4) is 11.3 Å². The maximum absolute atomic E-state index is 13.3. The molecule has 0 amide bonds. The predicted molar refractivity (Wildman–Crippen MR) is 50.8 cm³/mol. The first-order valence-corrected chi connectivity index (χ1v) is 4.08. The monoisotopic (exact) mass is 192 g/mol. The van der Waals surface area contributed by atoms with E-state index in [2.05, 4.69) is 10.1 Å². The van der Waals surface area contributed by atoms with Crippen LogP contribution >= 0.6 is 0 Å². The summed E-state index contributed by atoms with van der Waals surface area (Å²) >= 11 is 0. The molecule has 72 valence electrons. The number of aromatic nitrogens is 3. The second-order valence-corrected chi connectivity index (χ2v) is 2.93. The third kappa shape index (κ3) is 1.32. The van der Waals surface area contributed by atoms with Gasteiger partial charge in [-0.1, -0.05) is 0 Å². The largest absolute Gasteiger partial charge is 0.384 e. The molecule has 0 fully saturated rings. The van der Waals surface area contributed by atoms with Crippen LogP contribution in [0.15, 0.2) is 24.5 Å². The summed E-state index contributed by atoms with van der Waals surface area (Å²) in [6, 6.07) is 3.19. The van der Waals surface area contributed by atoms with Crippen LogP contribution in [-0.4, -0.2) is 14.8 Å². The zero-order valence-corrected chi connectivity index (χ0v) is 7.61. The van der Waals surface area contributed by atoms with E-state index in [4.69, 9.17) is 5.73 Å². The van der Waals surface area contributed by atoms with E-state index >= 15 is 0 Å². The molecule has 2 N–H and O–H groups in total. The Kier molecular flexibility index (Phi) is 1.92. The van der Waals surface area contributed by atoms with Crippen LogP contribution in [0, 0.1) is 5.82 Å². The van der Waals surface area contributed by atoms with E-state index in [9.17, 15) is 4.39 Å². The number of anilines is 1. The number of hydrogen-bond donors (Lipinski definition) is 1. The predicted octanol–water partition coefficient (Wildman–Crippen LogP) is 1.20. The van der Waals surface area contributed by atoms with Gasteiger partial charge >= 0.3 is 0 Å². The average molecular weight is 192 g/mol. The quantitative estimate of drug-likeness (QED) is 0.738. The minimum absolute atomic E-state index is 0.398. The molecule has 4 nitrogen and oxygen atoms in total. The van der Waals surface area contributed by atoms with E-state index in [-0.39, 0.29) is 0 Å². The van der Waals surface area contributed by atoms with Crippen molar-refractivity contribution in [1.29, 1.82) is 0 Å². The molecule has 0 atom stereocenters. The maximum Gasteiger partial charge on any atom is 0.150 e. The molecule has 0 spiro atoms. The summed E-state index contributed by atoms with van der Waals surface area (Å²) < 4.78 is 14.8. The van der Waals surface area contributed by atoms with Crippen LogP contribution in [0.1, 0.15) is 0 Å². The molecule has 2 rings (SSSR count). The van der Waals surface area contributed by atoms with Crippen molar-refractivity contribution in [1.82, 2.24) is 14.8 Å². The number of rotatable bonds is 1. The summed E-state index contributed by atoms with van der Waals surface area (Å²) in [5.41, 5.74) is 6.52. The smallest absolute Gasteiger partial charge is 0.150 e. The van der Waals surface area contributed by atoms with Crippen molar-refractivity contribution in [2.24, 2.45) is 7.05 Å². The van der Waals surface area contributed by atoms with Gasteiger partial charge in [-0.15, -0.1) is 0 Å². The van der Waals surface area contributed by atoms with Gasteiger partial charge in [-0.05, 0) is 6.07 Å². The average Bonchev–Trinajstić information content (AvgIpc) is 2.48. The first-order valence-electron chi connectivity index (χ1n) is 4.08. The highest BCUT2D eigenvalue weighted by molar-refractivity contribution is 5.62. The molecule has 0 aliphatic carbocycles. The SMILES string of the molecule is Cn1nc(-c2ccncc2F)cc1N. The summed E-state index contributed by atoms with van der Waals surface area (Å²) in [7, 11) is 1.71. The van der Waals surface area contributed by atoms with E-state index in [1.807, 2.05) is 0 Å². The molecule has 0 bridgehead atoms. The highest BCUT2D eigenvalue weighted by Crippen LogP contribution is 2.21. The van der Waals surface area contributed by atoms with E-state index in [1.54, 1.807) is 19.2 Å². The lowest BCUT2D eigenvalue weighted by Gasteiger charge is -1.96. The molecule has 0 aliphatic rings. The Morgan fingerprint density at radius 1 is 1.50 bits per heavy atom. The zero-order chi connectivity index (χ0) is 10.1. The molecule has 2 heterocycles. The summed E-state index contributed by atoms with van der Waals surface area (Å²) in [4.78, 5) is 3.66. The van der Waals surface area contributed by atoms with Crippen LogP contribution < -0.4 is 5.73 Å². The third-order valence-corrected chi connectivity index (χ3v) is 1.96. The minimum atomic E-state index is -0.398. The number of nitrogen functional groups attached to an aromatic ring is 1. The molecule has 2 aromatic heterocycles. The zero-order valence-electron chi connectivity index (χ0n) is 7.61. The summed E-state index contributed by atoms with van der Waals surface area (Å²) in [6.07, 6.45) is 2.67. The Morgan fingerprint density at radius 3 is 2.86 bits per heavy atom. The third-order valence-electron chi connectivity index (χ3n) is 1.96. The second-order valence-electron chi connectivity index (χ2n) is 2.93. The van der Waals surface area contributed by atoms with Gasteiger partial charge in [0.2, 0.25) is 0 Å². The van der Waals surface area contributed by atoms with Crippen molar-refractivity contribution < 1.29 is 4.39 Å². The van der Waals surface area contributed by atoms with Crippen molar-refractivity contribution in [3.05, 3.63) is 30.3 Å². The van der Waals surface area contributed by atoms with Gasteiger partial charge in [0.15, 0.2) is 5.82 Å². The van der Waals surface area contributed by atoms with Gasteiger partial charge in [0.1, 0.15) is 5.82 Å². The summed E-state index contributed by atoms with van der Waals surface area (Å²) in [6.45, 7) is 0. The van der Waals surface area contributed by atoms with Gasteiger partial charge in [-0.25, -0.2) is 4.39 Å². The van der Waals surface area contributed by atoms with Crippen molar-refractivity contribution in [2.75, 3.05) is 5.73 Å². The molecule has 0 radical (unpaired) electrons. The highest BCUT2D eigenvalue weighted by Gasteiger charge is 2.08. The van der Waals surface area contributed by atoms with Gasteiger partial charge in [0.25, 0.3) is 0 Å². The second kappa shape index (κ2) is 3.10. The standard InChI is InChI=1S/C9H9FN4/c1-14-9(11)4-8(13-14)6-2-3-12-5-7(6)10/h2-5H,11H2,1H3. The molecule has 0 aromatic carbocycles. The number of pyridine rings is 1. The fraction of sp³-hybridized carbons (Fsp3) is 0.111. The normalized spacial score (nSPS) is 10.4. The highest BCUT2D eigenvalue weighted by atomic mass is 19.1. The van der Waals surface area contributed by atoms with Crippen LogP contribution in [0.2, 0.25) is 0 Å². The first kappa shape index (κ1) is 8.68. The number of aryl methyl sites for hydroxylation is 1. The molecular weight excluding hydrogens is 183 g/mol. The first-order chi connectivity index (χ1) is 6.68. The van der Waals surface area contributed by atoms with Gasteiger partial charge in [-0.2, -0.15) is 5.10 Å². The van der Waals surface area contributed by atoms with E-state index in [0.717, 1.165) is 6.20 Å². The molecule has 0 unspecified atom stereocenters. The Hall–Kier alpha value is -1.91. The molecule has 14 heavy (non-hydrogen) atoms. The van der Waals surface area contributed by atoms with Gasteiger partial charge in [-0.3, -0.25) is 9.67 Å². The van der Waals surface area contributed by atoms with Crippen LogP contribution in [0.3, 0.4) is 0 Å².